The van der Waals surface area contributed by atoms with Crippen molar-refractivity contribution < 1.29 is 24.1 Å². The number of hydrogen-bond acceptors (Lipinski definition) is 6. The van der Waals surface area contributed by atoms with Crippen LogP contribution in [0.5, 0.6) is 17.2 Å². The molecule has 5 rings (SSSR count). The molecule has 0 unspecified atom stereocenters. The molecule has 2 N–H and O–H groups in total. The Hall–Kier alpha value is -3.41. The van der Waals surface area contributed by atoms with Gasteiger partial charge in [-0.05, 0) is 85.0 Å². The third-order valence-corrected chi connectivity index (χ3v) is 7.32. The van der Waals surface area contributed by atoms with Crippen molar-refractivity contribution in [2.24, 2.45) is 5.10 Å². The summed E-state index contributed by atoms with van der Waals surface area (Å²) in [6, 6.07) is 27.0. The summed E-state index contributed by atoms with van der Waals surface area (Å²) in [6.07, 6.45) is 1.52. The standard InChI is InChI=1S/C29H22BrIN2O5/c30-23-13-20(14-24(31)27(23)36-17-19-11-12-25-26(15-19)38-18-37-25)16-32-33-28(34)29(35,21-7-3-1-4-8-21)22-9-5-2-6-10-22/h1-16,35H,17-18H2,(H,33,34)/b32-16+. The molecule has 0 aliphatic carbocycles. The summed E-state index contributed by atoms with van der Waals surface area (Å²) in [5.74, 6) is 1.46. The van der Waals surface area contributed by atoms with Crippen molar-refractivity contribution >= 4 is 50.6 Å². The van der Waals surface area contributed by atoms with E-state index < -0.39 is 11.5 Å². The maximum Gasteiger partial charge on any atom is 0.281 e. The van der Waals surface area contributed by atoms with Gasteiger partial charge in [0.1, 0.15) is 12.4 Å². The van der Waals surface area contributed by atoms with Crippen molar-refractivity contribution in [2.45, 2.75) is 12.2 Å². The minimum absolute atomic E-state index is 0.227. The third kappa shape index (κ3) is 5.54. The molecular formula is C29H22BrIN2O5. The van der Waals surface area contributed by atoms with Crippen LogP contribution in [0.1, 0.15) is 22.3 Å². The Balaban J connectivity index is 1.29. The minimum Gasteiger partial charge on any atom is -0.487 e. The summed E-state index contributed by atoms with van der Waals surface area (Å²) in [5, 5.41) is 15.6. The molecule has 0 spiro atoms. The van der Waals surface area contributed by atoms with Crippen molar-refractivity contribution in [3.05, 3.63) is 121 Å². The Morgan fingerprint density at radius 1 is 1.00 bits per heavy atom. The molecule has 0 saturated carbocycles. The van der Waals surface area contributed by atoms with E-state index in [2.05, 4.69) is 49.0 Å². The average Bonchev–Trinajstić information content (AvgIpc) is 3.41. The molecule has 9 heteroatoms. The topological polar surface area (TPSA) is 89.4 Å². The molecular weight excluding hydrogens is 663 g/mol. The fourth-order valence-corrected chi connectivity index (χ4v) is 5.78. The molecule has 1 aliphatic heterocycles. The molecule has 1 aliphatic rings. The highest BCUT2D eigenvalue weighted by Gasteiger charge is 2.39. The SMILES string of the molecule is O=C(N/N=C/c1cc(Br)c(OCc2ccc3c(c2)OCO3)c(I)c1)C(O)(c1ccccc1)c1ccccc1. The van der Waals surface area contributed by atoms with E-state index in [1.165, 1.54) is 6.21 Å². The molecule has 0 aromatic heterocycles. The van der Waals surface area contributed by atoms with Crippen LogP contribution in [-0.4, -0.2) is 24.0 Å². The number of carbonyl (C=O) groups excluding carboxylic acids is 1. The van der Waals surface area contributed by atoms with Crippen molar-refractivity contribution in [2.75, 3.05) is 6.79 Å². The fourth-order valence-electron chi connectivity index (χ4n) is 4.01. The molecule has 1 amide bonds. The van der Waals surface area contributed by atoms with Crippen LogP contribution in [0.4, 0.5) is 0 Å². The number of nitrogens with one attached hydrogen (secondary N) is 1. The second kappa shape index (κ2) is 11.5. The molecule has 0 atom stereocenters. The zero-order valence-corrected chi connectivity index (χ0v) is 23.7. The highest BCUT2D eigenvalue weighted by Crippen LogP contribution is 2.35. The number of hydrazone groups is 1. The summed E-state index contributed by atoms with van der Waals surface area (Å²) in [5.41, 5.74) is 3.18. The molecule has 4 aromatic rings. The normalized spacial score (nSPS) is 12.5. The summed E-state index contributed by atoms with van der Waals surface area (Å²) in [7, 11) is 0. The first kappa shape index (κ1) is 26.2. The monoisotopic (exact) mass is 684 g/mol. The molecule has 7 nitrogen and oxygen atoms in total. The van der Waals surface area contributed by atoms with Gasteiger partial charge in [0.05, 0.1) is 14.3 Å². The lowest BCUT2D eigenvalue weighted by atomic mass is 9.85. The molecule has 0 radical (unpaired) electrons. The molecule has 4 aromatic carbocycles. The van der Waals surface area contributed by atoms with Crippen LogP contribution in [-0.2, 0) is 17.0 Å². The van der Waals surface area contributed by atoms with Crippen molar-refractivity contribution in [1.82, 2.24) is 5.43 Å². The second-order valence-corrected chi connectivity index (χ2v) is 10.4. The van der Waals surface area contributed by atoms with E-state index in [-0.39, 0.29) is 6.79 Å². The number of carbonyl (C=O) groups is 1. The molecule has 0 saturated heterocycles. The quantitative estimate of drug-likeness (QED) is 0.140. The Bertz CT molecular complexity index is 1420. The number of amides is 1. The maximum atomic E-state index is 13.2. The highest BCUT2D eigenvalue weighted by molar-refractivity contribution is 14.1. The van der Waals surface area contributed by atoms with Gasteiger partial charge in [0.25, 0.3) is 5.91 Å². The first-order valence-electron chi connectivity index (χ1n) is 11.6. The van der Waals surface area contributed by atoms with Gasteiger partial charge in [0, 0.05) is 0 Å². The largest absolute Gasteiger partial charge is 0.487 e. The first-order chi connectivity index (χ1) is 18.4. The minimum atomic E-state index is -1.90. The predicted molar refractivity (Wildman–Crippen MR) is 155 cm³/mol. The summed E-state index contributed by atoms with van der Waals surface area (Å²) in [6.45, 7) is 0.580. The number of aliphatic hydroxyl groups is 1. The smallest absolute Gasteiger partial charge is 0.281 e. The molecule has 1 heterocycles. The van der Waals surface area contributed by atoms with Gasteiger partial charge in [-0.15, -0.1) is 0 Å². The number of benzene rings is 4. The van der Waals surface area contributed by atoms with E-state index in [1.807, 2.05) is 42.5 Å². The number of hydrogen-bond donors (Lipinski definition) is 2. The lowest BCUT2D eigenvalue weighted by Crippen LogP contribution is -2.43. The maximum absolute atomic E-state index is 13.2. The molecule has 0 fully saturated rings. The molecule has 0 bridgehead atoms. The van der Waals surface area contributed by atoms with Crippen molar-refractivity contribution in [1.29, 1.82) is 0 Å². The summed E-state index contributed by atoms with van der Waals surface area (Å²) < 4.78 is 18.4. The van der Waals surface area contributed by atoms with Gasteiger partial charge in [0.2, 0.25) is 6.79 Å². The number of halogens is 2. The number of nitrogens with zero attached hydrogens (tertiary/aromatic N) is 1. The van der Waals surface area contributed by atoms with Gasteiger partial charge in [-0.1, -0.05) is 66.7 Å². The average molecular weight is 685 g/mol. The van der Waals surface area contributed by atoms with Crippen LogP contribution in [0.15, 0.2) is 101 Å². The first-order valence-corrected chi connectivity index (χ1v) is 13.5. The van der Waals surface area contributed by atoms with Gasteiger partial charge < -0.3 is 19.3 Å². The van der Waals surface area contributed by atoms with Crippen LogP contribution in [0.3, 0.4) is 0 Å². The Morgan fingerprint density at radius 2 is 1.66 bits per heavy atom. The predicted octanol–water partition coefficient (Wildman–Crippen LogP) is 5.75. The van der Waals surface area contributed by atoms with E-state index in [4.69, 9.17) is 14.2 Å². The number of ether oxygens (including phenoxy) is 3. The Kier molecular flexibility index (Phi) is 7.96. The van der Waals surface area contributed by atoms with Crippen LogP contribution >= 0.6 is 38.5 Å². The van der Waals surface area contributed by atoms with Crippen LogP contribution < -0.4 is 19.6 Å². The van der Waals surface area contributed by atoms with Crippen LogP contribution in [0, 0.1) is 3.57 Å². The highest BCUT2D eigenvalue weighted by atomic mass is 127. The van der Waals surface area contributed by atoms with Gasteiger partial charge in [-0.2, -0.15) is 5.10 Å². The van der Waals surface area contributed by atoms with Crippen molar-refractivity contribution in [3.63, 3.8) is 0 Å². The molecule has 192 valence electrons. The number of rotatable bonds is 8. The lowest BCUT2D eigenvalue weighted by Gasteiger charge is -2.27. The number of fused-ring (bicyclic) bond motifs is 1. The van der Waals surface area contributed by atoms with Gasteiger partial charge in [-0.25, -0.2) is 5.43 Å². The summed E-state index contributed by atoms with van der Waals surface area (Å²) in [4.78, 5) is 13.2. The van der Waals surface area contributed by atoms with E-state index in [0.29, 0.717) is 29.2 Å². The van der Waals surface area contributed by atoms with Crippen molar-refractivity contribution in [3.8, 4) is 17.2 Å². The molecule has 38 heavy (non-hydrogen) atoms. The van der Waals surface area contributed by atoms with Crippen LogP contribution in [0.2, 0.25) is 0 Å². The summed E-state index contributed by atoms with van der Waals surface area (Å²) >= 11 is 5.76. The van der Waals surface area contributed by atoms with Gasteiger partial charge >= 0.3 is 0 Å². The zero-order valence-electron chi connectivity index (χ0n) is 19.9. The zero-order chi connectivity index (χ0) is 26.5. The van der Waals surface area contributed by atoms with Crippen LogP contribution in [0.25, 0.3) is 0 Å². The van der Waals surface area contributed by atoms with E-state index >= 15 is 0 Å². The van der Waals surface area contributed by atoms with Gasteiger partial charge in [-0.3, -0.25) is 4.79 Å². The fraction of sp³-hybridized carbons (Fsp3) is 0.103. The van der Waals surface area contributed by atoms with Gasteiger partial charge in [0.15, 0.2) is 17.1 Å². The Labute approximate surface area is 241 Å². The third-order valence-electron chi connectivity index (χ3n) is 5.93. The van der Waals surface area contributed by atoms with E-state index in [1.54, 1.807) is 48.5 Å². The lowest BCUT2D eigenvalue weighted by molar-refractivity contribution is -0.136. The van der Waals surface area contributed by atoms with E-state index in [9.17, 15) is 9.90 Å². The second-order valence-electron chi connectivity index (χ2n) is 8.43. The Morgan fingerprint density at radius 3 is 2.32 bits per heavy atom. The van der Waals surface area contributed by atoms with E-state index in [0.717, 1.165) is 24.9 Å².